The van der Waals surface area contributed by atoms with Crippen LogP contribution in [0.1, 0.15) is 36.1 Å². The normalized spacial score (nSPS) is 11.7. The molecule has 0 atom stereocenters. The molecule has 0 aromatic heterocycles. The third kappa shape index (κ3) is 5.62. The Morgan fingerprint density at radius 1 is 0.966 bits per heavy atom. The Morgan fingerprint density at radius 2 is 1.55 bits per heavy atom. The maximum absolute atomic E-state index is 12.9. The van der Waals surface area contributed by atoms with Crippen LogP contribution in [0.5, 0.6) is 0 Å². The van der Waals surface area contributed by atoms with Crippen molar-refractivity contribution < 1.29 is 13.2 Å². The number of thioether (sulfide) groups is 1. The first-order valence-corrected chi connectivity index (χ1v) is 12.1. The lowest BCUT2D eigenvalue weighted by atomic mass is 10.1. The highest BCUT2D eigenvalue weighted by Gasteiger charge is 2.24. The maximum Gasteiger partial charge on any atom is 0.243 e. The van der Waals surface area contributed by atoms with Crippen LogP contribution in [0.25, 0.3) is 0 Å². The molecule has 0 aliphatic carbocycles. The number of hydrogen-bond donors (Lipinski definition) is 1. The summed E-state index contributed by atoms with van der Waals surface area (Å²) in [5.41, 5.74) is 4.67. The third-order valence-electron chi connectivity index (χ3n) is 4.75. The van der Waals surface area contributed by atoms with Crippen molar-refractivity contribution in [3.05, 3.63) is 52.6 Å². The average Bonchev–Trinajstić information content (AvgIpc) is 2.63. The van der Waals surface area contributed by atoms with Crippen LogP contribution in [0, 0.1) is 27.7 Å². The molecule has 29 heavy (non-hydrogen) atoms. The monoisotopic (exact) mass is 434 g/mol. The molecule has 0 saturated heterocycles. The van der Waals surface area contributed by atoms with Gasteiger partial charge in [-0.25, -0.2) is 8.42 Å². The molecule has 1 N–H and O–H groups in total. The fraction of sp³-hybridized carbons (Fsp3) is 0.409. The minimum atomic E-state index is -3.58. The van der Waals surface area contributed by atoms with Crippen molar-refractivity contribution in [2.24, 2.45) is 0 Å². The number of aryl methyl sites for hydroxylation is 4. The van der Waals surface area contributed by atoms with E-state index in [1.165, 1.54) is 21.6 Å². The number of rotatable bonds is 8. The van der Waals surface area contributed by atoms with E-state index in [-0.39, 0.29) is 16.6 Å². The van der Waals surface area contributed by atoms with Crippen LogP contribution in [-0.2, 0) is 14.8 Å². The van der Waals surface area contributed by atoms with E-state index in [0.29, 0.717) is 24.3 Å². The molecule has 1 amide bonds. The lowest BCUT2D eigenvalue weighted by molar-refractivity contribution is -0.113. The van der Waals surface area contributed by atoms with Crippen LogP contribution >= 0.6 is 11.8 Å². The topological polar surface area (TPSA) is 66.5 Å². The predicted octanol–water partition coefficient (Wildman–Crippen LogP) is 4.68. The molecule has 0 aliphatic heterocycles. The van der Waals surface area contributed by atoms with E-state index in [4.69, 9.17) is 0 Å². The minimum Gasteiger partial charge on any atom is -0.325 e. The molecule has 7 heteroatoms. The second kappa shape index (κ2) is 9.78. The molecule has 0 aliphatic rings. The number of benzene rings is 2. The summed E-state index contributed by atoms with van der Waals surface area (Å²) < 4.78 is 27.2. The highest BCUT2D eigenvalue weighted by molar-refractivity contribution is 8.00. The van der Waals surface area contributed by atoms with Crippen molar-refractivity contribution in [2.75, 3.05) is 24.2 Å². The Kier molecular flexibility index (Phi) is 7.91. The molecule has 0 saturated carbocycles. The molecule has 2 aromatic carbocycles. The molecule has 0 heterocycles. The van der Waals surface area contributed by atoms with Crippen molar-refractivity contribution in [3.63, 3.8) is 0 Å². The number of carbonyl (C=O) groups excluding carboxylic acids is 1. The Balaban J connectivity index is 2.16. The summed E-state index contributed by atoms with van der Waals surface area (Å²) >= 11 is 1.50. The van der Waals surface area contributed by atoms with Gasteiger partial charge in [-0.3, -0.25) is 4.79 Å². The summed E-state index contributed by atoms with van der Waals surface area (Å²) in [5.74, 6) is 0.0981. The number of sulfonamides is 1. The lowest BCUT2D eigenvalue weighted by Crippen LogP contribution is -2.31. The number of hydrogen-bond acceptors (Lipinski definition) is 4. The zero-order chi connectivity index (χ0) is 21.8. The summed E-state index contributed by atoms with van der Waals surface area (Å²) in [5, 5.41) is 2.83. The van der Waals surface area contributed by atoms with E-state index >= 15 is 0 Å². The first-order valence-electron chi connectivity index (χ1n) is 9.71. The molecule has 0 bridgehead atoms. The van der Waals surface area contributed by atoms with E-state index in [9.17, 15) is 13.2 Å². The van der Waals surface area contributed by atoms with Gasteiger partial charge in [-0.2, -0.15) is 4.31 Å². The first-order chi connectivity index (χ1) is 13.6. The molecule has 2 aromatic rings. The lowest BCUT2D eigenvalue weighted by Gasteiger charge is -2.20. The maximum atomic E-state index is 12.9. The highest BCUT2D eigenvalue weighted by atomic mass is 32.2. The van der Waals surface area contributed by atoms with Gasteiger partial charge in [0.05, 0.1) is 10.6 Å². The second-order valence-corrected chi connectivity index (χ2v) is 10.0. The number of nitrogens with zero attached hydrogens (tertiary/aromatic N) is 1. The number of amides is 1. The number of nitrogens with one attached hydrogen (secondary N) is 1. The van der Waals surface area contributed by atoms with Gasteiger partial charge in [-0.05, 0) is 56.5 Å². The molecular formula is C22H30N2O3S2. The van der Waals surface area contributed by atoms with E-state index < -0.39 is 10.0 Å². The largest absolute Gasteiger partial charge is 0.325 e. The van der Waals surface area contributed by atoms with Crippen molar-refractivity contribution >= 4 is 33.4 Å². The van der Waals surface area contributed by atoms with Gasteiger partial charge in [-0.1, -0.05) is 37.6 Å². The van der Waals surface area contributed by atoms with Crippen LogP contribution < -0.4 is 5.32 Å². The van der Waals surface area contributed by atoms with Crippen molar-refractivity contribution in [3.8, 4) is 0 Å². The SMILES string of the molecule is CCN(CC)S(=O)(=O)c1cc(NC(=O)CSc2c(C)cc(C)cc2C)ccc1C. The summed E-state index contributed by atoms with van der Waals surface area (Å²) in [6, 6.07) is 9.23. The molecule has 158 valence electrons. The molecule has 0 spiro atoms. The van der Waals surface area contributed by atoms with Crippen LogP contribution in [0.15, 0.2) is 40.1 Å². The van der Waals surface area contributed by atoms with Crippen LogP contribution in [0.3, 0.4) is 0 Å². The first kappa shape index (κ1) is 23.4. The van der Waals surface area contributed by atoms with E-state index in [0.717, 1.165) is 16.0 Å². The van der Waals surface area contributed by atoms with E-state index in [1.807, 2.05) is 27.7 Å². The van der Waals surface area contributed by atoms with Crippen molar-refractivity contribution in [1.29, 1.82) is 0 Å². The molecule has 0 fully saturated rings. The third-order valence-corrected chi connectivity index (χ3v) is 8.28. The Labute approximate surface area is 178 Å². The predicted molar refractivity (Wildman–Crippen MR) is 121 cm³/mol. The standard InChI is InChI=1S/C22H30N2O3S2/c1-7-24(8-2)29(26,27)20-13-19(10-9-16(20)4)23-21(25)14-28-22-17(5)11-15(3)12-18(22)6/h9-13H,7-8,14H2,1-6H3,(H,23,25). The Hall–Kier alpha value is -1.83. The van der Waals surface area contributed by atoms with E-state index in [2.05, 4.69) is 24.4 Å². The molecule has 2 rings (SSSR count). The van der Waals surface area contributed by atoms with Crippen molar-refractivity contribution in [2.45, 2.75) is 51.3 Å². The van der Waals surface area contributed by atoms with Gasteiger partial charge in [0.2, 0.25) is 15.9 Å². The Bertz CT molecular complexity index is 974. The summed E-state index contributed by atoms with van der Waals surface area (Å²) in [6.45, 7) is 12.3. The molecule has 5 nitrogen and oxygen atoms in total. The fourth-order valence-electron chi connectivity index (χ4n) is 3.39. The number of carbonyl (C=O) groups is 1. The quantitative estimate of drug-likeness (QED) is 0.613. The van der Waals surface area contributed by atoms with Gasteiger partial charge < -0.3 is 5.32 Å². The van der Waals surface area contributed by atoms with Crippen LogP contribution in [-0.4, -0.2) is 37.5 Å². The van der Waals surface area contributed by atoms with Gasteiger partial charge >= 0.3 is 0 Å². The van der Waals surface area contributed by atoms with Gasteiger partial charge in [0, 0.05) is 23.7 Å². The zero-order valence-electron chi connectivity index (χ0n) is 18.0. The summed E-state index contributed by atoms with van der Waals surface area (Å²) in [4.78, 5) is 13.8. The van der Waals surface area contributed by atoms with E-state index in [1.54, 1.807) is 25.1 Å². The summed E-state index contributed by atoms with van der Waals surface area (Å²) in [7, 11) is -3.58. The van der Waals surface area contributed by atoms with Crippen LogP contribution in [0.2, 0.25) is 0 Å². The average molecular weight is 435 g/mol. The van der Waals surface area contributed by atoms with Crippen LogP contribution in [0.4, 0.5) is 5.69 Å². The second-order valence-electron chi connectivity index (χ2n) is 7.13. The summed E-state index contributed by atoms with van der Waals surface area (Å²) in [6.07, 6.45) is 0. The molecular weight excluding hydrogens is 404 g/mol. The smallest absolute Gasteiger partial charge is 0.243 e. The van der Waals surface area contributed by atoms with Gasteiger partial charge in [0.15, 0.2) is 0 Å². The highest BCUT2D eigenvalue weighted by Crippen LogP contribution is 2.28. The van der Waals surface area contributed by atoms with Gasteiger partial charge in [0.25, 0.3) is 0 Å². The fourth-order valence-corrected chi connectivity index (χ4v) is 6.02. The minimum absolute atomic E-state index is 0.163. The molecule has 0 unspecified atom stereocenters. The zero-order valence-corrected chi connectivity index (χ0v) is 19.6. The molecule has 0 radical (unpaired) electrons. The Morgan fingerprint density at radius 3 is 2.10 bits per heavy atom. The van der Waals surface area contributed by atoms with Gasteiger partial charge in [-0.15, -0.1) is 11.8 Å². The van der Waals surface area contributed by atoms with Gasteiger partial charge in [0.1, 0.15) is 0 Å². The van der Waals surface area contributed by atoms with Crippen molar-refractivity contribution in [1.82, 2.24) is 4.31 Å². The number of anilines is 1.